The van der Waals surface area contributed by atoms with Crippen molar-refractivity contribution < 1.29 is 4.74 Å². The third-order valence-corrected chi connectivity index (χ3v) is 4.39. The monoisotopic (exact) mass is 366 g/mol. The van der Waals surface area contributed by atoms with Crippen molar-refractivity contribution in [1.29, 1.82) is 5.26 Å². The highest BCUT2D eigenvalue weighted by Gasteiger charge is 2.08. The molecule has 2 heterocycles. The lowest BCUT2D eigenvalue weighted by molar-refractivity contribution is 0.293. The molecule has 0 saturated heterocycles. The van der Waals surface area contributed by atoms with Crippen LogP contribution in [-0.2, 0) is 13.2 Å². The first-order chi connectivity index (χ1) is 13.8. The molecule has 4 aromatic rings. The molecule has 5 heteroatoms. The smallest absolute Gasteiger partial charge is 0.213 e. The Kier molecular flexibility index (Phi) is 5.12. The fourth-order valence-electron chi connectivity index (χ4n) is 2.98. The molecule has 0 spiro atoms. The van der Waals surface area contributed by atoms with E-state index in [0.717, 1.165) is 27.7 Å². The Balaban J connectivity index is 1.50. The molecular formula is C23H18N4O. The zero-order chi connectivity index (χ0) is 19.2. The fourth-order valence-corrected chi connectivity index (χ4v) is 2.98. The Morgan fingerprint density at radius 1 is 0.929 bits per heavy atom. The quantitative estimate of drug-likeness (QED) is 0.536. The Labute approximate surface area is 163 Å². The minimum Gasteiger partial charge on any atom is -0.473 e. The molecule has 0 aliphatic carbocycles. The van der Waals surface area contributed by atoms with Crippen molar-refractivity contribution >= 4 is 16.6 Å². The second-order valence-electron chi connectivity index (χ2n) is 6.31. The van der Waals surface area contributed by atoms with Gasteiger partial charge in [0.15, 0.2) is 0 Å². The molecule has 0 amide bonds. The lowest BCUT2D eigenvalue weighted by atomic mass is 10.1. The minimum absolute atomic E-state index is 0.471. The van der Waals surface area contributed by atoms with Gasteiger partial charge in [-0.2, -0.15) is 5.26 Å². The summed E-state index contributed by atoms with van der Waals surface area (Å²) in [5.74, 6) is 0.572. The van der Waals surface area contributed by atoms with Crippen LogP contribution in [-0.4, -0.2) is 9.97 Å². The molecule has 0 unspecified atom stereocenters. The molecule has 0 aliphatic rings. The molecule has 28 heavy (non-hydrogen) atoms. The van der Waals surface area contributed by atoms with Crippen LogP contribution in [0.5, 0.6) is 5.88 Å². The molecule has 1 N–H and O–H groups in total. The van der Waals surface area contributed by atoms with Gasteiger partial charge in [0.1, 0.15) is 12.7 Å². The summed E-state index contributed by atoms with van der Waals surface area (Å²) in [7, 11) is 0. The number of rotatable bonds is 6. The van der Waals surface area contributed by atoms with Crippen molar-refractivity contribution in [2.24, 2.45) is 0 Å². The number of fused-ring (bicyclic) bond motifs is 1. The van der Waals surface area contributed by atoms with E-state index in [1.165, 1.54) is 0 Å². The summed E-state index contributed by atoms with van der Waals surface area (Å²) in [5.41, 5.74) is 4.27. The second kappa shape index (κ2) is 8.19. The van der Waals surface area contributed by atoms with Crippen molar-refractivity contribution in [3.63, 3.8) is 0 Å². The molecule has 136 valence electrons. The zero-order valence-corrected chi connectivity index (χ0v) is 15.2. The molecule has 0 saturated carbocycles. The molecule has 2 aromatic heterocycles. The number of ether oxygens (including phenoxy) is 1. The summed E-state index contributed by atoms with van der Waals surface area (Å²) < 4.78 is 5.80. The molecule has 2 aromatic carbocycles. The lowest BCUT2D eigenvalue weighted by Crippen LogP contribution is -2.04. The number of para-hydroxylation sites is 1. The molecule has 4 rings (SSSR count). The van der Waals surface area contributed by atoms with Gasteiger partial charge < -0.3 is 10.1 Å². The third kappa shape index (κ3) is 3.92. The van der Waals surface area contributed by atoms with Crippen molar-refractivity contribution in [1.82, 2.24) is 9.97 Å². The molecular weight excluding hydrogens is 348 g/mol. The van der Waals surface area contributed by atoms with Gasteiger partial charge in [-0.25, -0.2) is 4.98 Å². The van der Waals surface area contributed by atoms with E-state index in [2.05, 4.69) is 21.4 Å². The average molecular weight is 366 g/mol. The minimum atomic E-state index is 0.471. The maximum atomic E-state index is 9.44. The van der Waals surface area contributed by atoms with Gasteiger partial charge >= 0.3 is 0 Å². The predicted octanol–water partition coefficient (Wildman–Crippen LogP) is 4.69. The maximum Gasteiger partial charge on any atom is 0.213 e. The van der Waals surface area contributed by atoms with E-state index in [4.69, 9.17) is 4.74 Å². The van der Waals surface area contributed by atoms with Crippen LogP contribution >= 0.6 is 0 Å². The number of aromatic nitrogens is 2. The molecule has 0 bridgehead atoms. The first-order valence-corrected chi connectivity index (χ1v) is 8.97. The molecule has 0 aliphatic heterocycles. The van der Waals surface area contributed by atoms with Crippen LogP contribution in [0.3, 0.4) is 0 Å². The van der Waals surface area contributed by atoms with Gasteiger partial charge in [-0.3, -0.25) is 4.98 Å². The summed E-state index contributed by atoms with van der Waals surface area (Å²) in [4.78, 5) is 8.62. The first kappa shape index (κ1) is 17.5. The SMILES string of the molecule is N#Cc1cnc2ccccc2c1NCc1ccnc(OCc2ccccc2)c1. The topological polar surface area (TPSA) is 70.8 Å². The van der Waals surface area contributed by atoms with E-state index in [0.29, 0.717) is 24.6 Å². The van der Waals surface area contributed by atoms with Gasteiger partial charge in [-0.1, -0.05) is 48.5 Å². The molecule has 0 radical (unpaired) electrons. The Morgan fingerprint density at radius 3 is 2.61 bits per heavy atom. The molecule has 0 fully saturated rings. The number of pyridine rings is 2. The Morgan fingerprint density at radius 2 is 1.75 bits per heavy atom. The average Bonchev–Trinajstić information content (AvgIpc) is 2.77. The van der Waals surface area contributed by atoms with Crippen molar-refractivity contribution in [2.75, 3.05) is 5.32 Å². The van der Waals surface area contributed by atoms with E-state index in [9.17, 15) is 5.26 Å². The van der Waals surface area contributed by atoms with Gasteiger partial charge in [0.05, 0.1) is 16.8 Å². The standard InChI is InChI=1S/C23H18N4O/c24-13-19-15-26-21-9-5-4-8-20(21)23(19)27-14-18-10-11-25-22(12-18)28-16-17-6-2-1-3-7-17/h1-12,15H,14,16H2,(H,26,27). The number of nitriles is 1. The maximum absolute atomic E-state index is 9.44. The van der Waals surface area contributed by atoms with E-state index in [1.807, 2.05) is 66.7 Å². The predicted molar refractivity (Wildman–Crippen MR) is 109 cm³/mol. The van der Waals surface area contributed by atoms with Crippen LogP contribution in [0.4, 0.5) is 5.69 Å². The van der Waals surface area contributed by atoms with Gasteiger partial charge in [0, 0.05) is 30.4 Å². The number of benzene rings is 2. The van der Waals surface area contributed by atoms with Crippen LogP contribution in [0, 0.1) is 11.3 Å². The van der Waals surface area contributed by atoms with Gasteiger partial charge in [-0.15, -0.1) is 0 Å². The highest BCUT2D eigenvalue weighted by molar-refractivity contribution is 5.93. The van der Waals surface area contributed by atoms with Crippen LogP contribution in [0.2, 0.25) is 0 Å². The van der Waals surface area contributed by atoms with Gasteiger partial charge in [0.2, 0.25) is 5.88 Å². The van der Waals surface area contributed by atoms with Crippen LogP contribution in [0.1, 0.15) is 16.7 Å². The van der Waals surface area contributed by atoms with Gasteiger partial charge in [-0.05, 0) is 23.3 Å². The number of anilines is 1. The van der Waals surface area contributed by atoms with E-state index in [-0.39, 0.29) is 0 Å². The summed E-state index contributed by atoms with van der Waals surface area (Å²) in [6, 6.07) is 23.8. The number of nitrogens with one attached hydrogen (secondary N) is 1. The molecule has 0 atom stereocenters. The van der Waals surface area contributed by atoms with Crippen LogP contribution in [0.15, 0.2) is 79.1 Å². The highest BCUT2D eigenvalue weighted by atomic mass is 16.5. The largest absolute Gasteiger partial charge is 0.473 e. The second-order valence-corrected chi connectivity index (χ2v) is 6.31. The van der Waals surface area contributed by atoms with E-state index < -0.39 is 0 Å². The number of nitrogens with zero attached hydrogens (tertiary/aromatic N) is 3. The van der Waals surface area contributed by atoms with Crippen LogP contribution in [0.25, 0.3) is 10.9 Å². The van der Waals surface area contributed by atoms with E-state index >= 15 is 0 Å². The zero-order valence-electron chi connectivity index (χ0n) is 15.2. The number of hydrogen-bond donors (Lipinski definition) is 1. The van der Waals surface area contributed by atoms with Crippen molar-refractivity contribution in [3.05, 3.63) is 95.8 Å². The summed E-state index contributed by atoms with van der Waals surface area (Å²) >= 11 is 0. The Hall–Kier alpha value is -3.91. The van der Waals surface area contributed by atoms with Crippen LogP contribution < -0.4 is 10.1 Å². The first-order valence-electron chi connectivity index (χ1n) is 8.97. The third-order valence-electron chi connectivity index (χ3n) is 4.39. The Bertz CT molecular complexity index is 1140. The highest BCUT2D eigenvalue weighted by Crippen LogP contribution is 2.26. The van der Waals surface area contributed by atoms with Crippen molar-refractivity contribution in [3.8, 4) is 11.9 Å². The van der Waals surface area contributed by atoms with E-state index in [1.54, 1.807) is 12.4 Å². The lowest BCUT2D eigenvalue weighted by Gasteiger charge is -2.12. The normalized spacial score (nSPS) is 10.4. The molecule has 5 nitrogen and oxygen atoms in total. The van der Waals surface area contributed by atoms with Gasteiger partial charge in [0.25, 0.3) is 0 Å². The number of hydrogen-bond acceptors (Lipinski definition) is 5. The van der Waals surface area contributed by atoms with Crippen molar-refractivity contribution in [2.45, 2.75) is 13.2 Å². The summed E-state index contributed by atoms with van der Waals surface area (Å²) in [6.45, 7) is 1.02. The fraction of sp³-hybridized carbons (Fsp3) is 0.0870. The summed E-state index contributed by atoms with van der Waals surface area (Å²) in [5, 5.41) is 13.7. The summed E-state index contributed by atoms with van der Waals surface area (Å²) in [6.07, 6.45) is 3.33.